The predicted octanol–water partition coefficient (Wildman–Crippen LogP) is 4.24. The third-order valence-electron chi connectivity index (χ3n) is 3.58. The Kier molecular flexibility index (Phi) is 8.00. The van der Waals surface area contributed by atoms with Gasteiger partial charge in [-0.2, -0.15) is 5.10 Å². The number of benzene rings is 2. The molecule has 0 fully saturated rings. The molecule has 0 aliphatic heterocycles. The van der Waals surface area contributed by atoms with E-state index < -0.39 is 0 Å². The van der Waals surface area contributed by atoms with Gasteiger partial charge in [0.1, 0.15) is 11.5 Å². The molecule has 0 aromatic heterocycles. The van der Waals surface area contributed by atoms with Crippen molar-refractivity contribution in [3.05, 3.63) is 58.1 Å². The van der Waals surface area contributed by atoms with Crippen LogP contribution in [0.3, 0.4) is 0 Å². The number of nitrogens with zero attached hydrogens (tertiary/aromatic N) is 1. The molecule has 0 aliphatic carbocycles. The molecule has 0 bridgehead atoms. The average molecular weight is 437 g/mol. The lowest BCUT2D eigenvalue weighted by Crippen LogP contribution is -2.21. The number of rotatable bonds is 8. The molecular weight excluding hydrogens is 416 g/mol. The number of hydrazone groups is 1. The van der Waals surface area contributed by atoms with Crippen LogP contribution < -0.4 is 14.9 Å². The number of hydrogen-bond acceptors (Lipinski definition) is 5. The number of thioether (sulfide) groups is 1. The smallest absolute Gasteiger partial charge is 0.250 e. The molecule has 5 nitrogen and oxygen atoms in total. The van der Waals surface area contributed by atoms with Gasteiger partial charge in [0.25, 0.3) is 0 Å². The van der Waals surface area contributed by atoms with E-state index >= 15 is 0 Å². The van der Waals surface area contributed by atoms with Crippen molar-refractivity contribution >= 4 is 39.3 Å². The second-order valence-electron chi connectivity index (χ2n) is 5.42. The van der Waals surface area contributed by atoms with Crippen molar-refractivity contribution < 1.29 is 14.3 Å². The van der Waals surface area contributed by atoms with Crippen LogP contribution in [0, 0.1) is 0 Å². The molecule has 0 radical (unpaired) electrons. The molecule has 26 heavy (non-hydrogen) atoms. The van der Waals surface area contributed by atoms with E-state index in [0.717, 1.165) is 38.6 Å². The van der Waals surface area contributed by atoms with Crippen LogP contribution in [0.4, 0.5) is 0 Å². The second kappa shape index (κ2) is 10.2. The number of amides is 1. The molecule has 0 spiro atoms. The summed E-state index contributed by atoms with van der Waals surface area (Å²) in [7, 11) is 3.26. The SMILES string of the molecule is COc1ccc(CSCC(=O)NN=C(C)c2ccc(OC)c(Br)c2)cc1. The van der Waals surface area contributed by atoms with Crippen molar-refractivity contribution in [3.63, 3.8) is 0 Å². The number of nitrogens with one attached hydrogen (secondary N) is 1. The number of halogens is 1. The molecule has 1 N–H and O–H groups in total. The van der Waals surface area contributed by atoms with Gasteiger partial charge in [-0.15, -0.1) is 11.8 Å². The summed E-state index contributed by atoms with van der Waals surface area (Å²) in [5.74, 6) is 2.54. The van der Waals surface area contributed by atoms with Gasteiger partial charge in [-0.1, -0.05) is 12.1 Å². The zero-order valence-corrected chi connectivity index (χ0v) is 17.3. The Balaban J connectivity index is 1.81. The van der Waals surface area contributed by atoms with E-state index in [1.165, 1.54) is 11.8 Å². The van der Waals surface area contributed by atoms with E-state index in [9.17, 15) is 4.79 Å². The fraction of sp³-hybridized carbons (Fsp3) is 0.263. The number of carbonyl (C=O) groups is 1. The Hall–Kier alpha value is -1.99. The molecule has 7 heteroatoms. The average Bonchev–Trinajstić information content (AvgIpc) is 2.66. The molecule has 138 valence electrons. The van der Waals surface area contributed by atoms with Gasteiger partial charge < -0.3 is 9.47 Å². The van der Waals surface area contributed by atoms with Crippen molar-refractivity contribution in [2.45, 2.75) is 12.7 Å². The minimum Gasteiger partial charge on any atom is -0.497 e. The Morgan fingerprint density at radius 3 is 2.50 bits per heavy atom. The fourth-order valence-corrected chi connectivity index (χ4v) is 3.44. The van der Waals surface area contributed by atoms with Gasteiger partial charge in [-0.3, -0.25) is 4.79 Å². The van der Waals surface area contributed by atoms with Gasteiger partial charge in [0.05, 0.1) is 30.2 Å². The van der Waals surface area contributed by atoms with Crippen molar-refractivity contribution in [2.75, 3.05) is 20.0 Å². The molecule has 0 atom stereocenters. The van der Waals surface area contributed by atoms with Gasteiger partial charge in [-0.25, -0.2) is 5.43 Å². The first-order chi connectivity index (χ1) is 12.5. The summed E-state index contributed by atoms with van der Waals surface area (Å²) < 4.78 is 11.2. The minimum atomic E-state index is -0.129. The zero-order valence-electron chi connectivity index (χ0n) is 14.9. The third kappa shape index (κ3) is 6.07. The molecule has 0 saturated heterocycles. The van der Waals surface area contributed by atoms with Crippen LogP contribution in [0.1, 0.15) is 18.1 Å². The quantitative estimate of drug-likeness (QED) is 0.496. The van der Waals surface area contributed by atoms with Gasteiger partial charge >= 0.3 is 0 Å². The summed E-state index contributed by atoms with van der Waals surface area (Å²) in [4.78, 5) is 11.9. The molecule has 0 saturated carbocycles. The molecule has 2 aromatic rings. The maximum Gasteiger partial charge on any atom is 0.250 e. The number of carbonyl (C=O) groups excluding carboxylic acids is 1. The Labute approximate surface area is 166 Å². The first kappa shape index (κ1) is 20.3. The van der Waals surface area contributed by atoms with E-state index in [1.54, 1.807) is 14.2 Å². The van der Waals surface area contributed by atoms with Crippen molar-refractivity contribution in [2.24, 2.45) is 5.10 Å². The van der Waals surface area contributed by atoms with Crippen LogP contribution in [0.15, 0.2) is 52.0 Å². The zero-order chi connectivity index (χ0) is 18.9. The molecule has 0 unspecified atom stereocenters. The van der Waals surface area contributed by atoms with Crippen LogP contribution >= 0.6 is 27.7 Å². The minimum absolute atomic E-state index is 0.129. The van der Waals surface area contributed by atoms with Gasteiger partial charge in [0, 0.05) is 5.75 Å². The molecule has 2 rings (SSSR count). The maximum absolute atomic E-state index is 11.9. The lowest BCUT2D eigenvalue weighted by Gasteiger charge is -2.07. The topological polar surface area (TPSA) is 59.9 Å². The Morgan fingerprint density at radius 2 is 1.88 bits per heavy atom. The van der Waals surface area contributed by atoms with Crippen LogP contribution in [-0.2, 0) is 10.5 Å². The lowest BCUT2D eigenvalue weighted by molar-refractivity contribution is -0.118. The second-order valence-corrected chi connectivity index (χ2v) is 7.26. The summed E-state index contributed by atoms with van der Waals surface area (Å²) in [5, 5.41) is 4.16. The Bertz CT molecular complexity index is 779. The molecule has 0 aliphatic rings. The summed E-state index contributed by atoms with van der Waals surface area (Å²) in [6.45, 7) is 1.85. The van der Waals surface area contributed by atoms with E-state index in [2.05, 4.69) is 26.5 Å². The number of methoxy groups -OCH3 is 2. The summed E-state index contributed by atoms with van der Waals surface area (Å²) in [5.41, 5.74) is 5.37. The van der Waals surface area contributed by atoms with Crippen LogP contribution in [0.5, 0.6) is 11.5 Å². The highest BCUT2D eigenvalue weighted by Crippen LogP contribution is 2.25. The first-order valence-corrected chi connectivity index (χ1v) is 9.86. The summed E-state index contributed by atoms with van der Waals surface area (Å²) >= 11 is 4.98. The summed E-state index contributed by atoms with van der Waals surface area (Å²) in [6, 6.07) is 13.5. The van der Waals surface area contributed by atoms with Crippen molar-refractivity contribution in [1.82, 2.24) is 5.43 Å². The standard InChI is InChI=1S/C19H21BrN2O3S/c1-13(15-6-9-18(25-3)17(20)10-15)21-22-19(23)12-26-11-14-4-7-16(24-2)8-5-14/h4-10H,11-12H2,1-3H3,(H,22,23). The van der Waals surface area contributed by atoms with Crippen LogP contribution in [0.25, 0.3) is 0 Å². The maximum atomic E-state index is 11.9. The van der Waals surface area contributed by atoms with Crippen LogP contribution in [-0.4, -0.2) is 31.6 Å². The highest BCUT2D eigenvalue weighted by molar-refractivity contribution is 9.10. The van der Waals surface area contributed by atoms with Crippen LogP contribution in [0.2, 0.25) is 0 Å². The molecule has 0 heterocycles. The van der Waals surface area contributed by atoms with E-state index in [1.807, 2.05) is 49.4 Å². The van der Waals surface area contributed by atoms with E-state index in [-0.39, 0.29) is 5.91 Å². The van der Waals surface area contributed by atoms with Gasteiger partial charge in [0.15, 0.2) is 0 Å². The molecule has 2 aromatic carbocycles. The predicted molar refractivity (Wildman–Crippen MR) is 110 cm³/mol. The highest BCUT2D eigenvalue weighted by Gasteiger charge is 2.05. The molecule has 1 amide bonds. The fourth-order valence-electron chi connectivity index (χ4n) is 2.12. The number of ether oxygens (including phenoxy) is 2. The highest BCUT2D eigenvalue weighted by atomic mass is 79.9. The van der Waals surface area contributed by atoms with Gasteiger partial charge in [0.2, 0.25) is 5.91 Å². The van der Waals surface area contributed by atoms with E-state index in [0.29, 0.717) is 5.75 Å². The molecular formula is C19H21BrN2O3S. The van der Waals surface area contributed by atoms with Gasteiger partial charge in [-0.05, 0) is 64.3 Å². The Morgan fingerprint density at radius 1 is 1.15 bits per heavy atom. The number of hydrogen-bond donors (Lipinski definition) is 1. The van der Waals surface area contributed by atoms with Crippen molar-refractivity contribution in [3.8, 4) is 11.5 Å². The summed E-state index contributed by atoms with van der Waals surface area (Å²) in [6.07, 6.45) is 0. The lowest BCUT2D eigenvalue weighted by atomic mass is 10.1. The van der Waals surface area contributed by atoms with Crippen molar-refractivity contribution in [1.29, 1.82) is 0 Å². The normalized spacial score (nSPS) is 11.2. The third-order valence-corrected chi connectivity index (χ3v) is 5.20. The largest absolute Gasteiger partial charge is 0.497 e. The monoisotopic (exact) mass is 436 g/mol. The first-order valence-electron chi connectivity index (χ1n) is 7.91. The van der Waals surface area contributed by atoms with E-state index in [4.69, 9.17) is 9.47 Å².